The van der Waals surface area contributed by atoms with Gasteiger partial charge in [0.1, 0.15) is 0 Å². The molecule has 2 rings (SSSR count). The van der Waals surface area contributed by atoms with Gasteiger partial charge < -0.3 is 0 Å². The molecule has 0 aliphatic heterocycles. The highest BCUT2D eigenvalue weighted by Crippen LogP contribution is 2.22. The molecule has 0 bridgehead atoms. The van der Waals surface area contributed by atoms with Crippen LogP contribution in [0.5, 0.6) is 0 Å². The SMILES string of the molecule is Cc1cc(-c2ccccc2C)ccn1. The molecule has 0 aliphatic carbocycles. The van der Waals surface area contributed by atoms with Gasteiger partial charge >= 0.3 is 0 Å². The lowest BCUT2D eigenvalue weighted by Gasteiger charge is -2.05. The predicted octanol–water partition coefficient (Wildman–Crippen LogP) is 3.37. The van der Waals surface area contributed by atoms with Gasteiger partial charge in [0.2, 0.25) is 0 Å². The Labute approximate surface area is 84.4 Å². The van der Waals surface area contributed by atoms with Crippen molar-refractivity contribution < 1.29 is 0 Å². The highest BCUT2D eigenvalue weighted by molar-refractivity contribution is 5.66. The molecular formula is C13H13N. The average Bonchev–Trinajstić information content (AvgIpc) is 2.18. The van der Waals surface area contributed by atoms with Crippen molar-refractivity contribution in [2.24, 2.45) is 0 Å². The van der Waals surface area contributed by atoms with Crippen LogP contribution in [-0.2, 0) is 0 Å². The number of pyridine rings is 1. The topological polar surface area (TPSA) is 12.9 Å². The van der Waals surface area contributed by atoms with E-state index in [1.807, 2.05) is 13.1 Å². The van der Waals surface area contributed by atoms with Crippen molar-refractivity contribution in [3.8, 4) is 11.1 Å². The first-order valence-electron chi connectivity index (χ1n) is 4.76. The molecule has 70 valence electrons. The molecule has 0 radical (unpaired) electrons. The van der Waals surface area contributed by atoms with Crippen LogP contribution in [-0.4, -0.2) is 4.98 Å². The lowest BCUT2D eigenvalue weighted by atomic mass is 10.0. The second kappa shape index (κ2) is 3.62. The lowest BCUT2D eigenvalue weighted by Crippen LogP contribution is -1.85. The van der Waals surface area contributed by atoms with E-state index in [-0.39, 0.29) is 0 Å². The molecule has 0 saturated heterocycles. The largest absolute Gasteiger partial charge is 0.262 e. The van der Waals surface area contributed by atoms with E-state index in [4.69, 9.17) is 0 Å². The van der Waals surface area contributed by atoms with Crippen molar-refractivity contribution in [3.63, 3.8) is 0 Å². The van der Waals surface area contributed by atoms with Gasteiger partial charge in [0.15, 0.2) is 0 Å². The Balaban J connectivity index is 2.55. The van der Waals surface area contributed by atoms with Gasteiger partial charge in [-0.1, -0.05) is 24.3 Å². The Bertz CT molecular complexity index is 446. The number of nitrogens with zero attached hydrogens (tertiary/aromatic N) is 1. The molecule has 0 N–H and O–H groups in total. The molecular weight excluding hydrogens is 170 g/mol. The van der Waals surface area contributed by atoms with E-state index in [0.717, 1.165) is 5.69 Å². The Morgan fingerprint density at radius 2 is 1.79 bits per heavy atom. The average molecular weight is 183 g/mol. The molecule has 0 aliphatic rings. The van der Waals surface area contributed by atoms with Gasteiger partial charge in [-0.15, -0.1) is 0 Å². The van der Waals surface area contributed by atoms with Gasteiger partial charge in [-0.2, -0.15) is 0 Å². The predicted molar refractivity (Wildman–Crippen MR) is 59.1 cm³/mol. The zero-order chi connectivity index (χ0) is 9.97. The zero-order valence-corrected chi connectivity index (χ0v) is 8.49. The fraction of sp³-hybridized carbons (Fsp3) is 0.154. The van der Waals surface area contributed by atoms with Crippen LogP contribution in [0.4, 0.5) is 0 Å². The molecule has 0 fully saturated rings. The van der Waals surface area contributed by atoms with E-state index in [1.165, 1.54) is 16.7 Å². The zero-order valence-electron chi connectivity index (χ0n) is 8.49. The Kier molecular flexibility index (Phi) is 2.32. The third-order valence-corrected chi connectivity index (χ3v) is 2.35. The van der Waals surface area contributed by atoms with E-state index < -0.39 is 0 Å². The van der Waals surface area contributed by atoms with Crippen LogP contribution < -0.4 is 0 Å². The van der Waals surface area contributed by atoms with Crippen LogP contribution >= 0.6 is 0 Å². The van der Waals surface area contributed by atoms with Crippen molar-refractivity contribution >= 4 is 0 Å². The molecule has 0 atom stereocenters. The first kappa shape index (κ1) is 8.95. The molecule has 1 nitrogen and oxygen atoms in total. The smallest absolute Gasteiger partial charge is 0.0378 e. The maximum Gasteiger partial charge on any atom is 0.0378 e. The second-order valence-electron chi connectivity index (χ2n) is 3.50. The third kappa shape index (κ3) is 1.67. The van der Waals surface area contributed by atoms with Crippen molar-refractivity contribution in [2.75, 3.05) is 0 Å². The maximum atomic E-state index is 4.19. The van der Waals surface area contributed by atoms with E-state index in [0.29, 0.717) is 0 Å². The standard InChI is InChI=1S/C13H13N/c1-10-5-3-4-6-13(10)12-7-8-14-11(2)9-12/h3-9H,1-2H3. The molecule has 1 aromatic heterocycles. The van der Waals surface area contributed by atoms with Gasteiger partial charge in [-0.25, -0.2) is 0 Å². The maximum absolute atomic E-state index is 4.19. The number of rotatable bonds is 1. The van der Waals surface area contributed by atoms with Crippen molar-refractivity contribution in [1.29, 1.82) is 0 Å². The van der Waals surface area contributed by atoms with E-state index >= 15 is 0 Å². The van der Waals surface area contributed by atoms with Crippen LogP contribution in [0.2, 0.25) is 0 Å². The second-order valence-corrected chi connectivity index (χ2v) is 3.50. The van der Waals surface area contributed by atoms with Gasteiger partial charge in [-0.05, 0) is 42.7 Å². The minimum Gasteiger partial charge on any atom is -0.262 e. The molecule has 14 heavy (non-hydrogen) atoms. The van der Waals surface area contributed by atoms with Crippen molar-refractivity contribution in [1.82, 2.24) is 4.98 Å². The molecule has 1 aromatic carbocycles. The van der Waals surface area contributed by atoms with E-state index in [9.17, 15) is 0 Å². The summed E-state index contributed by atoms with van der Waals surface area (Å²) in [4.78, 5) is 4.19. The first-order valence-corrected chi connectivity index (χ1v) is 4.76. The fourth-order valence-electron chi connectivity index (χ4n) is 1.61. The van der Waals surface area contributed by atoms with Crippen LogP contribution in [0.1, 0.15) is 11.3 Å². The number of hydrogen-bond acceptors (Lipinski definition) is 1. The lowest BCUT2D eigenvalue weighted by molar-refractivity contribution is 1.20. The minimum atomic E-state index is 1.06. The number of hydrogen-bond donors (Lipinski definition) is 0. The monoisotopic (exact) mass is 183 g/mol. The number of aromatic nitrogens is 1. The number of aryl methyl sites for hydroxylation is 2. The molecule has 1 heteroatoms. The van der Waals surface area contributed by atoms with Crippen LogP contribution in [0.15, 0.2) is 42.6 Å². The third-order valence-electron chi connectivity index (χ3n) is 2.35. The molecule has 2 aromatic rings. The highest BCUT2D eigenvalue weighted by Gasteiger charge is 2.00. The first-order chi connectivity index (χ1) is 6.77. The summed E-state index contributed by atoms with van der Waals surface area (Å²) in [5, 5.41) is 0. The van der Waals surface area contributed by atoms with Crippen molar-refractivity contribution in [2.45, 2.75) is 13.8 Å². The normalized spacial score (nSPS) is 10.1. The van der Waals surface area contributed by atoms with E-state index in [1.54, 1.807) is 0 Å². The van der Waals surface area contributed by atoms with Gasteiger partial charge in [0, 0.05) is 11.9 Å². The Morgan fingerprint density at radius 1 is 1.00 bits per heavy atom. The quantitative estimate of drug-likeness (QED) is 0.660. The van der Waals surface area contributed by atoms with Gasteiger partial charge in [0.25, 0.3) is 0 Å². The molecule has 0 amide bonds. The summed E-state index contributed by atoms with van der Waals surface area (Å²) in [5.74, 6) is 0. The molecule has 0 spiro atoms. The van der Waals surface area contributed by atoms with Crippen molar-refractivity contribution in [3.05, 3.63) is 53.9 Å². The van der Waals surface area contributed by atoms with Crippen LogP contribution in [0.25, 0.3) is 11.1 Å². The minimum absolute atomic E-state index is 1.06. The van der Waals surface area contributed by atoms with E-state index in [2.05, 4.69) is 48.3 Å². The summed E-state index contributed by atoms with van der Waals surface area (Å²) in [5.41, 5.74) is 4.90. The molecule has 0 saturated carbocycles. The van der Waals surface area contributed by atoms with Crippen LogP contribution in [0.3, 0.4) is 0 Å². The molecule has 1 heterocycles. The summed E-state index contributed by atoms with van der Waals surface area (Å²) < 4.78 is 0. The van der Waals surface area contributed by atoms with Gasteiger partial charge in [0.05, 0.1) is 0 Å². The summed E-state index contributed by atoms with van der Waals surface area (Å²) in [6, 6.07) is 12.6. The fourth-order valence-corrected chi connectivity index (χ4v) is 1.61. The Hall–Kier alpha value is -1.63. The highest BCUT2D eigenvalue weighted by atomic mass is 14.6. The summed E-state index contributed by atoms with van der Waals surface area (Å²) in [7, 11) is 0. The summed E-state index contributed by atoms with van der Waals surface area (Å²) in [6.45, 7) is 4.15. The summed E-state index contributed by atoms with van der Waals surface area (Å²) in [6.07, 6.45) is 1.86. The number of benzene rings is 1. The van der Waals surface area contributed by atoms with Gasteiger partial charge in [-0.3, -0.25) is 4.98 Å². The Morgan fingerprint density at radius 3 is 2.50 bits per heavy atom. The molecule has 0 unspecified atom stereocenters. The van der Waals surface area contributed by atoms with Crippen LogP contribution in [0, 0.1) is 13.8 Å². The summed E-state index contributed by atoms with van der Waals surface area (Å²) >= 11 is 0.